The van der Waals surface area contributed by atoms with Crippen LogP contribution in [0.2, 0.25) is 0 Å². The zero-order valence-corrected chi connectivity index (χ0v) is 11.4. The van der Waals surface area contributed by atoms with Crippen molar-refractivity contribution in [2.24, 2.45) is 0 Å². The first-order chi connectivity index (χ1) is 8.97. The van der Waals surface area contributed by atoms with Gasteiger partial charge in [-0.05, 0) is 59.9 Å². The van der Waals surface area contributed by atoms with Gasteiger partial charge in [0.2, 0.25) is 0 Å². The first-order valence-electron chi connectivity index (χ1n) is 6.13. The number of hydrogen-bond donors (Lipinski definition) is 1. The van der Waals surface area contributed by atoms with E-state index in [0.29, 0.717) is 11.3 Å². The number of rotatable bonds is 1. The van der Waals surface area contributed by atoms with Crippen LogP contribution >= 0.6 is 0 Å². The van der Waals surface area contributed by atoms with E-state index in [4.69, 9.17) is 0 Å². The molecule has 0 unspecified atom stereocenters. The SMILES string of the molecule is Cc1cc(O)ccc1-c1ccc2c(c1)CCS2(=O)=O. The predicted octanol–water partition coefficient (Wildman–Crippen LogP) is 2.70. The van der Waals surface area contributed by atoms with E-state index in [1.807, 2.05) is 25.1 Å². The molecule has 3 rings (SSSR count). The normalized spacial score (nSPS) is 16.3. The summed E-state index contributed by atoms with van der Waals surface area (Å²) in [5.74, 6) is 0.449. The van der Waals surface area contributed by atoms with Crippen LogP contribution in [-0.2, 0) is 16.3 Å². The summed E-state index contributed by atoms with van der Waals surface area (Å²) in [6, 6.07) is 10.7. The molecule has 0 amide bonds. The van der Waals surface area contributed by atoms with Crippen molar-refractivity contribution in [3.63, 3.8) is 0 Å². The molecule has 1 aliphatic rings. The van der Waals surface area contributed by atoms with E-state index in [1.165, 1.54) is 0 Å². The second kappa shape index (κ2) is 4.10. The van der Waals surface area contributed by atoms with Crippen LogP contribution in [0.5, 0.6) is 5.75 Å². The number of benzene rings is 2. The van der Waals surface area contributed by atoms with Gasteiger partial charge in [-0.1, -0.05) is 12.1 Å². The second-order valence-electron chi connectivity index (χ2n) is 4.89. The van der Waals surface area contributed by atoms with Crippen molar-refractivity contribution in [1.29, 1.82) is 0 Å². The van der Waals surface area contributed by atoms with E-state index in [-0.39, 0.29) is 11.5 Å². The van der Waals surface area contributed by atoms with Gasteiger partial charge in [0, 0.05) is 0 Å². The summed E-state index contributed by atoms with van der Waals surface area (Å²) >= 11 is 0. The Balaban J connectivity index is 2.14. The third kappa shape index (κ3) is 2.02. The number of aryl methyl sites for hydroxylation is 2. The topological polar surface area (TPSA) is 54.4 Å². The Bertz CT molecular complexity index is 761. The summed E-state index contributed by atoms with van der Waals surface area (Å²) in [5, 5.41) is 9.43. The van der Waals surface area contributed by atoms with E-state index < -0.39 is 9.84 Å². The number of sulfone groups is 1. The Labute approximate surface area is 112 Å². The fraction of sp³-hybridized carbons (Fsp3) is 0.200. The number of fused-ring (bicyclic) bond motifs is 1. The molecule has 4 heteroatoms. The molecule has 0 atom stereocenters. The van der Waals surface area contributed by atoms with Crippen molar-refractivity contribution in [1.82, 2.24) is 0 Å². The molecule has 0 fully saturated rings. The fourth-order valence-electron chi connectivity index (χ4n) is 2.57. The molecule has 1 N–H and O–H groups in total. The van der Waals surface area contributed by atoms with Crippen molar-refractivity contribution < 1.29 is 13.5 Å². The molecule has 0 aromatic heterocycles. The third-order valence-electron chi connectivity index (χ3n) is 3.56. The van der Waals surface area contributed by atoms with Crippen LogP contribution in [0.25, 0.3) is 11.1 Å². The standard InChI is InChI=1S/C15H14O3S/c1-10-8-13(16)3-4-14(10)11-2-5-15-12(9-11)6-7-19(15,17)18/h2-5,8-9,16H,6-7H2,1H3. The molecule has 1 heterocycles. The van der Waals surface area contributed by atoms with Crippen LogP contribution < -0.4 is 0 Å². The highest BCUT2D eigenvalue weighted by Gasteiger charge is 2.26. The lowest BCUT2D eigenvalue weighted by Crippen LogP contribution is -1.98. The lowest BCUT2D eigenvalue weighted by molar-refractivity contribution is 0.475. The quantitative estimate of drug-likeness (QED) is 0.870. The number of phenolic OH excluding ortho intramolecular Hbond substituents is 1. The number of hydrogen-bond acceptors (Lipinski definition) is 3. The first kappa shape index (κ1) is 12.2. The van der Waals surface area contributed by atoms with Crippen molar-refractivity contribution in [2.75, 3.05) is 5.75 Å². The van der Waals surface area contributed by atoms with E-state index in [9.17, 15) is 13.5 Å². The third-order valence-corrected chi connectivity index (χ3v) is 5.37. The molecule has 3 nitrogen and oxygen atoms in total. The van der Waals surface area contributed by atoms with Crippen LogP contribution in [0.3, 0.4) is 0 Å². The van der Waals surface area contributed by atoms with Crippen molar-refractivity contribution in [3.8, 4) is 16.9 Å². The highest BCUT2D eigenvalue weighted by atomic mass is 32.2. The Hall–Kier alpha value is -1.81. The zero-order chi connectivity index (χ0) is 13.6. The van der Waals surface area contributed by atoms with Gasteiger partial charge in [0.15, 0.2) is 9.84 Å². The van der Waals surface area contributed by atoms with E-state index in [2.05, 4.69) is 0 Å². The maximum absolute atomic E-state index is 11.8. The molecule has 0 aliphatic carbocycles. The average Bonchev–Trinajstić information content (AvgIpc) is 2.65. The van der Waals surface area contributed by atoms with Gasteiger partial charge in [-0.2, -0.15) is 0 Å². The molecule has 0 saturated heterocycles. The lowest BCUT2D eigenvalue weighted by Gasteiger charge is -2.08. The first-order valence-corrected chi connectivity index (χ1v) is 7.78. The van der Waals surface area contributed by atoms with Gasteiger partial charge in [0.05, 0.1) is 10.6 Å². The van der Waals surface area contributed by atoms with Gasteiger partial charge in [-0.3, -0.25) is 0 Å². The molecule has 0 spiro atoms. The van der Waals surface area contributed by atoms with Crippen molar-refractivity contribution in [3.05, 3.63) is 47.5 Å². The molecule has 0 bridgehead atoms. The maximum Gasteiger partial charge on any atom is 0.178 e. The molecular weight excluding hydrogens is 260 g/mol. The van der Waals surface area contributed by atoms with Gasteiger partial charge in [-0.15, -0.1) is 0 Å². The predicted molar refractivity (Wildman–Crippen MR) is 74.0 cm³/mol. The molecule has 2 aromatic rings. The van der Waals surface area contributed by atoms with Crippen LogP contribution in [0, 0.1) is 6.92 Å². The highest BCUT2D eigenvalue weighted by molar-refractivity contribution is 7.91. The molecular formula is C15H14O3S. The Morgan fingerprint density at radius 2 is 1.89 bits per heavy atom. The monoisotopic (exact) mass is 274 g/mol. The summed E-state index contributed by atoms with van der Waals surface area (Å²) in [6.45, 7) is 1.93. The van der Waals surface area contributed by atoms with Crippen LogP contribution in [0.15, 0.2) is 41.3 Å². The summed E-state index contributed by atoms with van der Waals surface area (Å²) in [4.78, 5) is 0.465. The summed E-state index contributed by atoms with van der Waals surface area (Å²) in [6.07, 6.45) is 0.586. The summed E-state index contributed by atoms with van der Waals surface area (Å²) in [5.41, 5.74) is 3.88. The lowest BCUT2D eigenvalue weighted by atomic mass is 9.98. The molecule has 98 valence electrons. The van der Waals surface area contributed by atoms with E-state index in [1.54, 1.807) is 18.2 Å². The average molecular weight is 274 g/mol. The van der Waals surface area contributed by atoms with Gasteiger partial charge in [-0.25, -0.2) is 8.42 Å². The smallest absolute Gasteiger partial charge is 0.178 e. The molecule has 0 saturated carbocycles. The van der Waals surface area contributed by atoms with Crippen LogP contribution in [0.1, 0.15) is 11.1 Å². The van der Waals surface area contributed by atoms with E-state index >= 15 is 0 Å². The van der Waals surface area contributed by atoms with Crippen LogP contribution in [-0.4, -0.2) is 19.3 Å². The van der Waals surface area contributed by atoms with Crippen molar-refractivity contribution in [2.45, 2.75) is 18.2 Å². The Morgan fingerprint density at radius 1 is 1.11 bits per heavy atom. The largest absolute Gasteiger partial charge is 0.508 e. The van der Waals surface area contributed by atoms with Gasteiger partial charge >= 0.3 is 0 Å². The van der Waals surface area contributed by atoms with Crippen molar-refractivity contribution >= 4 is 9.84 Å². The number of aromatic hydroxyl groups is 1. The van der Waals surface area contributed by atoms with Gasteiger partial charge < -0.3 is 5.11 Å². The summed E-state index contributed by atoms with van der Waals surface area (Å²) < 4.78 is 23.6. The summed E-state index contributed by atoms with van der Waals surface area (Å²) in [7, 11) is -3.06. The maximum atomic E-state index is 11.8. The second-order valence-corrected chi connectivity index (χ2v) is 6.97. The molecule has 19 heavy (non-hydrogen) atoms. The minimum atomic E-state index is -3.06. The molecule has 1 aliphatic heterocycles. The molecule has 2 aromatic carbocycles. The van der Waals surface area contributed by atoms with Crippen LogP contribution in [0.4, 0.5) is 0 Å². The van der Waals surface area contributed by atoms with Gasteiger partial charge in [0.25, 0.3) is 0 Å². The minimum absolute atomic E-state index is 0.209. The van der Waals surface area contributed by atoms with E-state index in [0.717, 1.165) is 22.3 Å². The Morgan fingerprint density at radius 3 is 2.63 bits per heavy atom. The highest BCUT2D eigenvalue weighted by Crippen LogP contribution is 2.32. The molecule has 0 radical (unpaired) electrons. The minimum Gasteiger partial charge on any atom is -0.508 e. The Kier molecular flexibility index (Phi) is 2.64. The fourth-order valence-corrected chi connectivity index (χ4v) is 4.12. The zero-order valence-electron chi connectivity index (χ0n) is 10.6. The van der Waals surface area contributed by atoms with Gasteiger partial charge in [0.1, 0.15) is 5.75 Å². The number of phenols is 1.